The number of phenolic OH excluding ortho intramolecular Hbond substituents is 1. The van der Waals surface area contributed by atoms with Crippen molar-refractivity contribution in [1.82, 2.24) is 20.1 Å². The minimum absolute atomic E-state index is 0.00832. The van der Waals surface area contributed by atoms with Crippen LogP contribution >= 0.6 is 0 Å². The molecule has 1 saturated heterocycles. The number of benzene rings is 1. The molecule has 0 aliphatic carbocycles. The molecule has 1 amide bonds. The summed E-state index contributed by atoms with van der Waals surface area (Å²) in [7, 11) is 0. The number of nitrogens with zero attached hydrogens (tertiary/aromatic N) is 3. The first-order valence-electron chi connectivity index (χ1n) is 8.50. The number of hydrogen-bond donors (Lipinski definition) is 2. The van der Waals surface area contributed by atoms with Crippen molar-refractivity contribution in [2.75, 3.05) is 13.1 Å². The molecule has 2 N–H and O–H groups in total. The smallest absolute Gasteiger partial charge is 0.409 e. The normalized spacial score (nSPS) is 15.3. The quantitative estimate of drug-likeness (QED) is 0.674. The van der Waals surface area contributed by atoms with Gasteiger partial charge in [-0.25, -0.2) is 0 Å². The van der Waals surface area contributed by atoms with Gasteiger partial charge in [-0.2, -0.15) is 13.2 Å². The van der Waals surface area contributed by atoms with E-state index in [0.29, 0.717) is 36.1 Å². The molecule has 0 unspecified atom stereocenters. The molecule has 144 valence electrons. The Labute approximate surface area is 157 Å². The van der Waals surface area contributed by atoms with Crippen LogP contribution in [0.5, 0.6) is 5.75 Å². The van der Waals surface area contributed by atoms with Gasteiger partial charge in [0.1, 0.15) is 5.75 Å². The summed E-state index contributed by atoms with van der Waals surface area (Å²) in [5.41, 5.74) is 2.49. The average molecular weight is 388 g/mol. The van der Waals surface area contributed by atoms with E-state index >= 15 is 0 Å². The summed E-state index contributed by atoms with van der Waals surface area (Å²) < 4.78 is 36.5. The Bertz CT molecular complexity index is 1070. The number of phenols is 1. The first-order valence-corrected chi connectivity index (χ1v) is 8.50. The Kier molecular flexibility index (Phi) is 4.29. The highest BCUT2D eigenvalue weighted by Crippen LogP contribution is 2.32. The zero-order valence-electron chi connectivity index (χ0n) is 14.4. The van der Waals surface area contributed by atoms with Crippen LogP contribution in [-0.4, -0.2) is 50.4 Å². The summed E-state index contributed by atoms with van der Waals surface area (Å²) >= 11 is 0. The van der Waals surface area contributed by atoms with E-state index in [2.05, 4.69) is 15.2 Å². The third-order valence-corrected chi connectivity index (χ3v) is 4.63. The molecule has 4 rings (SSSR count). The van der Waals surface area contributed by atoms with Gasteiger partial charge in [0, 0.05) is 47.8 Å². The molecule has 0 atom stereocenters. The van der Waals surface area contributed by atoms with Crippen LogP contribution in [0.3, 0.4) is 0 Å². The summed E-state index contributed by atoms with van der Waals surface area (Å²) in [5.74, 6) is -0.565. The summed E-state index contributed by atoms with van der Waals surface area (Å²) in [5, 5.41) is 19.0. The molecule has 3 aromatic rings. The fourth-order valence-corrected chi connectivity index (χ4v) is 3.12. The highest BCUT2D eigenvalue weighted by molar-refractivity contribution is 5.88. The molecular formula is C19H15F3N4O2. The number of para-hydroxylation sites is 1. The standard InChI is InChI=1S/C19H15F3N4O2/c20-19(21,22)6-5-17(28)26-9-12(10-26)14-7-11-8-15(24-25-18(11)23-14)13-3-1-2-4-16(13)27/h1-8,12,27H,9-10H2,(H,23,25)/b6-5+. The Morgan fingerprint density at radius 3 is 2.68 bits per heavy atom. The number of alkyl halides is 3. The Balaban J connectivity index is 1.49. The minimum atomic E-state index is -4.50. The number of carbonyl (C=O) groups excluding carboxylic acids is 1. The highest BCUT2D eigenvalue weighted by atomic mass is 19.4. The predicted molar refractivity (Wildman–Crippen MR) is 95.5 cm³/mol. The average Bonchev–Trinajstić information content (AvgIpc) is 3.01. The van der Waals surface area contributed by atoms with Gasteiger partial charge in [0.15, 0.2) is 5.65 Å². The van der Waals surface area contributed by atoms with Gasteiger partial charge in [-0.3, -0.25) is 4.79 Å². The van der Waals surface area contributed by atoms with E-state index in [-0.39, 0.29) is 17.7 Å². The van der Waals surface area contributed by atoms with Crippen molar-refractivity contribution in [3.8, 4) is 17.0 Å². The zero-order valence-corrected chi connectivity index (χ0v) is 14.4. The molecule has 28 heavy (non-hydrogen) atoms. The third-order valence-electron chi connectivity index (χ3n) is 4.63. The second-order valence-electron chi connectivity index (χ2n) is 6.59. The number of rotatable bonds is 3. The lowest BCUT2D eigenvalue weighted by Crippen LogP contribution is -2.48. The number of amides is 1. The number of nitrogens with one attached hydrogen (secondary N) is 1. The molecule has 0 radical (unpaired) electrons. The lowest BCUT2D eigenvalue weighted by Gasteiger charge is -2.38. The van der Waals surface area contributed by atoms with Crippen LogP contribution in [0.2, 0.25) is 0 Å². The monoisotopic (exact) mass is 388 g/mol. The van der Waals surface area contributed by atoms with E-state index < -0.39 is 12.1 Å². The van der Waals surface area contributed by atoms with Crippen LogP contribution in [0, 0.1) is 0 Å². The highest BCUT2D eigenvalue weighted by Gasteiger charge is 2.33. The van der Waals surface area contributed by atoms with Crippen molar-refractivity contribution in [2.24, 2.45) is 0 Å². The number of aromatic amines is 1. The van der Waals surface area contributed by atoms with Gasteiger partial charge in [0.25, 0.3) is 0 Å². The number of halogens is 3. The van der Waals surface area contributed by atoms with E-state index in [1.165, 1.54) is 4.90 Å². The molecule has 6 nitrogen and oxygen atoms in total. The van der Waals surface area contributed by atoms with Gasteiger partial charge in [0.2, 0.25) is 5.91 Å². The van der Waals surface area contributed by atoms with Crippen LogP contribution in [0.15, 0.2) is 48.6 Å². The lowest BCUT2D eigenvalue weighted by atomic mass is 9.96. The summed E-state index contributed by atoms with van der Waals surface area (Å²) in [6, 6.07) is 10.5. The van der Waals surface area contributed by atoms with Crippen molar-refractivity contribution in [3.63, 3.8) is 0 Å². The minimum Gasteiger partial charge on any atom is -0.507 e. The van der Waals surface area contributed by atoms with Crippen LogP contribution in [0.25, 0.3) is 22.3 Å². The molecule has 3 heterocycles. The molecule has 1 aliphatic heterocycles. The second kappa shape index (κ2) is 6.66. The molecule has 9 heteroatoms. The molecule has 0 bridgehead atoms. The summed E-state index contributed by atoms with van der Waals surface area (Å²) in [6.07, 6.45) is -4.01. The zero-order chi connectivity index (χ0) is 19.9. The number of aromatic hydroxyl groups is 1. The lowest BCUT2D eigenvalue weighted by molar-refractivity contribution is -0.131. The van der Waals surface area contributed by atoms with Crippen molar-refractivity contribution in [3.05, 3.63) is 54.2 Å². The van der Waals surface area contributed by atoms with Gasteiger partial charge >= 0.3 is 6.18 Å². The number of aromatic nitrogens is 3. The number of fused-ring (bicyclic) bond motifs is 1. The van der Waals surface area contributed by atoms with E-state index in [0.717, 1.165) is 11.1 Å². The number of hydrogen-bond acceptors (Lipinski definition) is 4. The maximum Gasteiger partial charge on any atom is 0.409 e. The van der Waals surface area contributed by atoms with E-state index in [9.17, 15) is 23.1 Å². The van der Waals surface area contributed by atoms with Crippen molar-refractivity contribution in [1.29, 1.82) is 0 Å². The number of likely N-dealkylation sites (tertiary alicyclic amines) is 1. The van der Waals surface area contributed by atoms with Gasteiger partial charge < -0.3 is 15.0 Å². The van der Waals surface area contributed by atoms with Crippen molar-refractivity contribution < 1.29 is 23.1 Å². The molecule has 1 fully saturated rings. The van der Waals surface area contributed by atoms with Crippen LogP contribution < -0.4 is 0 Å². The van der Waals surface area contributed by atoms with Gasteiger partial charge in [0.05, 0.1) is 5.69 Å². The summed E-state index contributed by atoms with van der Waals surface area (Å²) in [6.45, 7) is 0.654. The molecule has 0 saturated carbocycles. The Morgan fingerprint density at radius 2 is 1.96 bits per heavy atom. The van der Waals surface area contributed by atoms with Crippen LogP contribution in [-0.2, 0) is 4.79 Å². The fraction of sp³-hybridized carbons (Fsp3) is 0.211. The largest absolute Gasteiger partial charge is 0.507 e. The fourth-order valence-electron chi connectivity index (χ4n) is 3.12. The van der Waals surface area contributed by atoms with Crippen LogP contribution in [0.1, 0.15) is 11.6 Å². The third kappa shape index (κ3) is 3.55. The predicted octanol–water partition coefficient (Wildman–Crippen LogP) is 3.37. The Morgan fingerprint density at radius 1 is 1.21 bits per heavy atom. The SMILES string of the molecule is O=C(/C=C/C(F)(F)F)N1CC(c2cc3cc(-c4ccccc4O)nnc3[nH]2)C1. The molecule has 0 spiro atoms. The van der Waals surface area contributed by atoms with Crippen LogP contribution in [0.4, 0.5) is 13.2 Å². The van der Waals surface area contributed by atoms with E-state index in [1.54, 1.807) is 30.3 Å². The van der Waals surface area contributed by atoms with Gasteiger partial charge in [-0.05, 0) is 24.3 Å². The number of carbonyl (C=O) groups is 1. The molecule has 1 aromatic carbocycles. The topological polar surface area (TPSA) is 82.1 Å². The molecule has 1 aliphatic rings. The molecule has 2 aromatic heterocycles. The first kappa shape index (κ1) is 18.0. The van der Waals surface area contributed by atoms with E-state index in [1.807, 2.05) is 6.07 Å². The number of allylic oxidation sites excluding steroid dienone is 1. The van der Waals surface area contributed by atoms with Gasteiger partial charge in [-0.1, -0.05) is 12.1 Å². The Hall–Kier alpha value is -3.36. The molecular weight excluding hydrogens is 373 g/mol. The van der Waals surface area contributed by atoms with Crippen molar-refractivity contribution in [2.45, 2.75) is 12.1 Å². The maximum absolute atomic E-state index is 12.2. The number of H-pyrrole nitrogens is 1. The first-order chi connectivity index (χ1) is 13.3. The maximum atomic E-state index is 12.2. The van der Waals surface area contributed by atoms with Crippen molar-refractivity contribution >= 4 is 16.9 Å². The van der Waals surface area contributed by atoms with E-state index in [4.69, 9.17) is 0 Å². The second-order valence-corrected chi connectivity index (χ2v) is 6.59. The van der Waals surface area contributed by atoms with Gasteiger partial charge in [-0.15, -0.1) is 10.2 Å². The summed E-state index contributed by atoms with van der Waals surface area (Å²) in [4.78, 5) is 16.2.